The van der Waals surface area contributed by atoms with Crippen LogP contribution in [0.25, 0.3) is 0 Å². The van der Waals surface area contributed by atoms with E-state index in [-0.39, 0.29) is 17.1 Å². The van der Waals surface area contributed by atoms with E-state index in [9.17, 15) is 4.39 Å². The molecule has 2 nitrogen and oxygen atoms in total. The molecule has 0 aliphatic heterocycles. The summed E-state index contributed by atoms with van der Waals surface area (Å²) >= 11 is 8.99. The molecule has 0 aliphatic carbocycles. The Morgan fingerprint density at radius 1 is 1.17 bits per heavy atom. The molecule has 18 heavy (non-hydrogen) atoms. The molecule has 0 saturated carbocycles. The van der Waals surface area contributed by atoms with Crippen molar-refractivity contribution in [3.63, 3.8) is 0 Å². The summed E-state index contributed by atoms with van der Waals surface area (Å²) in [7, 11) is 0. The van der Waals surface area contributed by atoms with Crippen LogP contribution in [0, 0.1) is 17.1 Å². The SMILES string of the molecule is N#Cc1cc(Cl)ccc1Oc1cc(Br)ccc1F. The zero-order chi connectivity index (χ0) is 13.1. The van der Waals surface area contributed by atoms with Crippen molar-refractivity contribution in [1.29, 1.82) is 5.26 Å². The minimum Gasteiger partial charge on any atom is -0.453 e. The molecule has 0 radical (unpaired) electrons. The highest BCUT2D eigenvalue weighted by Gasteiger charge is 2.09. The van der Waals surface area contributed by atoms with Gasteiger partial charge in [0.15, 0.2) is 11.6 Å². The monoisotopic (exact) mass is 325 g/mol. The highest BCUT2D eigenvalue weighted by atomic mass is 79.9. The van der Waals surface area contributed by atoms with E-state index in [2.05, 4.69) is 15.9 Å². The summed E-state index contributed by atoms with van der Waals surface area (Å²) in [6.07, 6.45) is 0. The van der Waals surface area contributed by atoms with E-state index in [4.69, 9.17) is 21.6 Å². The summed E-state index contributed by atoms with van der Waals surface area (Å²) in [4.78, 5) is 0. The molecule has 0 bridgehead atoms. The van der Waals surface area contributed by atoms with Crippen molar-refractivity contribution in [2.75, 3.05) is 0 Å². The minimum atomic E-state index is -0.503. The van der Waals surface area contributed by atoms with Gasteiger partial charge in [0, 0.05) is 9.50 Å². The lowest BCUT2D eigenvalue weighted by Crippen LogP contribution is -1.91. The molecule has 0 aromatic heterocycles. The minimum absolute atomic E-state index is 0.0446. The molecule has 2 rings (SSSR count). The summed E-state index contributed by atoms with van der Waals surface area (Å²) < 4.78 is 19.6. The summed E-state index contributed by atoms with van der Waals surface area (Å²) in [5.74, 6) is -0.195. The van der Waals surface area contributed by atoms with Crippen molar-refractivity contribution in [2.24, 2.45) is 0 Å². The maximum absolute atomic E-state index is 13.5. The molecule has 2 aromatic rings. The van der Waals surface area contributed by atoms with Crippen LogP contribution in [0.2, 0.25) is 5.02 Å². The van der Waals surface area contributed by atoms with Gasteiger partial charge in [-0.25, -0.2) is 4.39 Å². The van der Waals surface area contributed by atoms with E-state index in [1.54, 1.807) is 12.1 Å². The fraction of sp³-hybridized carbons (Fsp3) is 0. The Morgan fingerprint density at radius 2 is 1.94 bits per heavy atom. The van der Waals surface area contributed by atoms with E-state index in [1.807, 2.05) is 6.07 Å². The molecule has 0 fully saturated rings. The molecule has 0 aliphatic rings. The largest absolute Gasteiger partial charge is 0.453 e. The third-order valence-electron chi connectivity index (χ3n) is 2.18. The van der Waals surface area contributed by atoms with Gasteiger partial charge >= 0.3 is 0 Å². The van der Waals surface area contributed by atoms with E-state index >= 15 is 0 Å². The molecular formula is C13H6BrClFNO. The van der Waals surface area contributed by atoms with Gasteiger partial charge in [0.1, 0.15) is 11.8 Å². The molecule has 0 heterocycles. The topological polar surface area (TPSA) is 33.0 Å². The van der Waals surface area contributed by atoms with Crippen LogP contribution in [0.15, 0.2) is 40.9 Å². The second-order valence-corrected chi connectivity index (χ2v) is 4.78. The van der Waals surface area contributed by atoms with Gasteiger partial charge in [0.05, 0.1) is 5.56 Å². The first kappa shape index (κ1) is 12.9. The Balaban J connectivity index is 2.40. The molecule has 0 saturated heterocycles. The lowest BCUT2D eigenvalue weighted by atomic mass is 10.2. The summed E-state index contributed by atoms with van der Waals surface area (Å²) in [5.41, 5.74) is 0.252. The fourth-order valence-electron chi connectivity index (χ4n) is 1.35. The number of nitriles is 1. The van der Waals surface area contributed by atoms with Gasteiger partial charge in [0.25, 0.3) is 0 Å². The van der Waals surface area contributed by atoms with Crippen molar-refractivity contribution in [3.8, 4) is 17.6 Å². The molecule has 90 valence electrons. The Bertz CT molecular complexity index is 639. The molecule has 0 unspecified atom stereocenters. The summed E-state index contributed by atoms with van der Waals surface area (Å²) in [5, 5.41) is 9.38. The van der Waals surface area contributed by atoms with Gasteiger partial charge in [-0.15, -0.1) is 0 Å². The van der Waals surface area contributed by atoms with Crippen molar-refractivity contribution >= 4 is 27.5 Å². The molecule has 0 N–H and O–H groups in total. The lowest BCUT2D eigenvalue weighted by Gasteiger charge is -2.08. The standard InChI is InChI=1S/C13H6BrClFNO/c14-9-1-3-11(16)13(6-9)18-12-4-2-10(15)5-8(12)7-17/h1-6H. The predicted molar refractivity (Wildman–Crippen MR) is 70.3 cm³/mol. The van der Waals surface area contributed by atoms with Crippen molar-refractivity contribution in [2.45, 2.75) is 0 Å². The van der Waals surface area contributed by atoms with Gasteiger partial charge in [-0.2, -0.15) is 5.26 Å². The van der Waals surface area contributed by atoms with E-state index in [1.165, 1.54) is 24.3 Å². The van der Waals surface area contributed by atoms with Crippen LogP contribution < -0.4 is 4.74 Å². The molecule has 0 amide bonds. The zero-order valence-corrected chi connectivity index (χ0v) is 11.3. The number of rotatable bonds is 2. The highest BCUT2D eigenvalue weighted by molar-refractivity contribution is 9.10. The summed E-state index contributed by atoms with van der Waals surface area (Å²) in [6.45, 7) is 0. The normalized spacial score (nSPS) is 9.89. The molecule has 2 aromatic carbocycles. The summed E-state index contributed by atoms with van der Waals surface area (Å²) in [6, 6.07) is 10.9. The number of benzene rings is 2. The van der Waals surface area contributed by atoms with Gasteiger partial charge in [0.2, 0.25) is 0 Å². The number of ether oxygens (including phenoxy) is 1. The maximum Gasteiger partial charge on any atom is 0.165 e. The average molecular weight is 327 g/mol. The fourth-order valence-corrected chi connectivity index (χ4v) is 1.86. The maximum atomic E-state index is 13.5. The van der Waals surface area contributed by atoms with Crippen LogP contribution >= 0.6 is 27.5 Å². The Kier molecular flexibility index (Phi) is 3.85. The van der Waals surface area contributed by atoms with Gasteiger partial charge in [-0.1, -0.05) is 27.5 Å². The number of hydrogen-bond donors (Lipinski definition) is 0. The van der Waals surface area contributed by atoms with Crippen LogP contribution in [0.3, 0.4) is 0 Å². The Morgan fingerprint density at radius 3 is 2.67 bits per heavy atom. The van der Waals surface area contributed by atoms with Gasteiger partial charge in [-0.3, -0.25) is 0 Å². The van der Waals surface area contributed by atoms with Gasteiger partial charge < -0.3 is 4.74 Å². The second kappa shape index (κ2) is 5.38. The first-order valence-corrected chi connectivity index (χ1v) is 6.10. The quantitative estimate of drug-likeness (QED) is 0.786. The lowest BCUT2D eigenvalue weighted by molar-refractivity contribution is 0.441. The zero-order valence-electron chi connectivity index (χ0n) is 8.95. The van der Waals surface area contributed by atoms with Crippen molar-refractivity contribution < 1.29 is 9.13 Å². The van der Waals surface area contributed by atoms with Crippen LogP contribution in [0.1, 0.15) is 5.56 Å². The number of halogens is 3. The molecular weight excluding hydrogens is 321 g/mol. The number of nitrogens with zero attached hydrogens (tertiary/aromatic N) is 1. The van der Waals surface area contributed by atoms with Crippen molar-refractivity contribution in [3.05, 3.63) is 57.3 Å². The molecule has 5 heteroatoms. The first-order valence-electron chi connectivity index (χ1n) is 4.92. The van der Waals surface area contributed by atoms with Crippen LogP contribution in [-0.2, 0) is 0 Å². The molecule has 0 atom stereocenters. The number of hydrogen-bond acceptors (Lipinski definition) is 2. The third kappa shape index (κ3) is 2.81. The Labute approximate surface area is 117 Å². The van der Waals surface area contributed by atoms with Crippen molar-refractivity contribution in [1.82, 2.24) is 0 Å². The van der Waals surface area contributed by atoms with Crippen LogP contribution in [0.5, 0.6) is 11.5 Å². The third-order valence-corrected chi connectivity index (χ3v) is 2.90. The highest BCUT2D eigenvalue weighted by Crippen LogP contribution is 2.30. The first-order chi connectivity index (χ1) is 8.60. The Hall–Kier alpha value is -1.57. The van der Waals surface area contributed by atoms with Crippen LogP contribution in [0.4, 0.5) is 4.39 Å². The average Bonchev–Trinajstić information content (AvgIpc) is 2.36. The predicted octanol–water partition coefficient (Wildman–Crippen LogP) is 4.91. The molecule has 0 spiro atoms. The van der Waals surface area contributed by atoms with E-state index in [0.717, 1.165) is 0 Å². The smallest absolute Gasteiger partial charge is 0.165 e. The van der Waals surface area contributed by atoms with E-state index < -0.39 is 5.82 Å². The van der Waals surface area contributed by atoms with E-state index in [0.29, 0.717) is 9.50 Å². The second-order valence-electron chi connectivity index (χ2n) is 3.43. The van der Waals surface area contributed by atoms with Crippen LogP contribution in [-0.4, -0.2) is 0 Å². The van der Waals surface area contributed by atoms with Gasteiger partial charge in [-0.05, 0) is 36.4 Å².